The first-order chi connectivity index (χ1) is 6.65. The first-order valence-electron chi connectivity index (χ1n) is 4.67. The Bertz CT molecular complexity index is 435. The molecule has 0 amide bonds. The van der Waals surface area contributed by atoms with E-state index in [2.05, 4.69) is 36.7 Å². The van der Waals surface area contributed by atoms with E-state index in [4.69, 9.17) is 5.73 Å². The molecule has 0 unspecified atom stereocenters. The van der Waals surface area contributed by atoms with Crippen LogP contribution in [0.2, 0.25) is 0 Å². The molecular weight excluding hydrogens is 172 g/mol. The summed E-state index contributed by atoms with van der Waals surface area (Å²) in [5.41, 5.74) is 10.2. The SMILES string of the molecule is Cc1cc(N)cc(-n2ccc(C)c2)c1. The zero-order valence-electron chi connectivity index (χ0n) is 8.49. The van der Waals surface area contributed by atoms with Crippen molar-refractivity contribution in [3.8, 4) is 5.69 Å². The van der Waals surface area contributed by atoms with E-state index in [0.717, 1.165) is 11.4 Å². The number of nitrogen functional groups attached to an aromatic ring is 1. The molecule has 0 fully saturated rings. The molecule has 0 aliphatic rings. The third-order valence-corrected chi connectivity index (χ3v) is 2.22. The topological polar surface area (TPSA) is 30.9 Å². The number of hydrogen-bond donors (Lipinski definition) is 1. The van der Waals surface area contributed by atoms with Crippen LogP contribution in [-0.2, 0) is 0 Å². The summed E-state index contributed by atoms with van der Waals surface area (Å²) in [7, 11) is 0. The Morgan fingerprint density at radius 2 is 1.86 bits per heavy atom. The fourth-order valence-corrected chi connectivity index (χ4v) is 1.60. The molecule has 1 aromatic carbocycles. The summed E-state index contributed by atoms with van der Waals surface area (Å²) >= 11 is 0. The van der Waals surface area contributed by atoms with Gasteiger partial charge in [-0.2, -0.15) is 0 Å². The molecule has 0 aliphatic heterocycles. The normalized spacial score (nSPS) is 10.4. The van der Waals surface area contributed by atoms with Crippen LogP contribution in [0.3, 0.4) is 0 Å². The Morgan fingerprint density at radius 3 is 2.43 bits per heavy atom. The summed E-state index contributed by atoms with van der Waals surface area (Å²) in [6, 6.07) is 8.15. The van der Waals surface area contributed by atoms with E-state index in [-0.39, 0.29) is 0 Å². The molecule has 0 saturated heterocycles. The van der Waals surface area contributed by atoms with Gasteiger partial charge in [0, 0.05) is 23.8 Å². The van der Waals surface area contributed by atoms with Gasteiger partial charge in [-0.25, -0.2) is 0 Å². The highest BCUT2D eigenvalue weighted by Crippen LogP contribution is 2.16. The van der Waals surface area contributed by atoms with Crippen LogP contribution in [0.25, 0.3) is 5.69 Å². The number of anilines is 1. The van der Waals surface area contributed by atoms with E-state index in [9.17, 15) is 0 Å². The fraction of sp³-hybridized carbons (Fsp3) is 0.167. The number of hydrogen-bond acceptors (Lipinski definition) is 1. The van der Waals surface area contributed by atoms with Gasteiger partial charge in [0.05, 0.1) is 0 Å². The van der Waals surface area contributed by atoms with Crippen molar-refractivity contribution in [2.75, 3.05) is 5.73 Å². The van der Waals surface area contributed by atoms with Crippen LogP contribution in [0.4, 0.5) is 5.69 Å². The summed E-state index contributed by atoms with van der Waals surface area (Å²) in [5, 5.41) is 0. The average molecular weight is 186 g/mol. The summed E-state index contributed by atoms with van der Waals surface area (Å²) in [6.07, 6.45) is 4.14. The van der Waals surface area contributed by atoms with E-state index in [1.54, 1.807) is 0 Å². The molecule has 2 rings (SSSR count). The van der Waals surface area contributed by atoms with Gasteiger partial charge in [-0.1, -0.05) is 0 Å². The van der Waals surface area contributed by atoms with Gasteiger partial charge < -0.3 is 10.3 Å². The van der Waals surface area contributed by atoms with E-state index >= 15 is 0 Å². The van der Waals surface area contributed by atoms with Crippen LogP contribution in [-0.4, -0.2) is 4.57 Å². The van der Waals surface area contributed by atoms with Crippen molar-refractivity contribution in [2.45, 2.75) is 13.8 Å². The first kappa shape index (κ1) is 8.88. The van der Waals surface area contributed by atoms with Crippen LogP contribution in [0.1, 0.15) is 11.1 Å². The molecule has 0 spiro atoms. The van der Waals surface area contributed by atoms with Crippen LogP contribution >= 0.6 is 0 Å². The van der Waals surface area contributed by atoms with Crippen LogP contribution in [0, 0.1) is 13.8 Å². The van der Waals surface area contributed by atoms with E-state index in [0.29, 0.717) is 0 Å². The number of nitrogens with two attached hydrogens (primary N) is 1. The quantitative estimate of drug-likeness (QED) is 0.682. The van der Waals surface area contributed by atoms with Gasteiger partial charge in [0.15, 0.2) is 0 Å². The number of aryl methyl sites for hydroxylation is 2. The van der Waals surface area contributed by atoms with Crippen molar-refractivity contribution in [3.63, 3.8) is 0 Å². The number of nitrogens with zero attached hydrogens (tertiary/aromatic N) is 1. The van der Waals surface area contributed by atoms with Gasteiger partial charge in [-0.3, -0.25) is 0 Å². The molecule has 2 nitrogen and oxygen atoms in total. The Kier molecular flexibility index (Phi) is 2.04. The standard InChI is InChI=1S/C12H14N2/c1-9-3-4-14(8-9)12-6-10(2)5-11(13)7-12/h3-8H,13H2,1-2H3. The zero-order chi connectivity index (χ0) is 10.1. The van der Waals surface area contributed by atoms with E-state index in [1.165, 1.54) is 11.1 Å². The highest BCUT2D eigenvalue weighted by Gasteiger charge is 1.98. The van der Waals surface area contributed by atoms with Gasteiger partial charge in [0.2, 0.25) is 0 Å². The molecule has 2 heteroatoms. The van der Waals surface area contributed by atoms with Crippen LogP contribution < -0.4 is 5.73 Å². The first-order valence-corrected chi connectivity index (χ1v) is 4.67. The molecule has 0 radical (unpaired) electrons. The highest BCUT2D eigenvalue weighted by atomic mass is 14.9. The summed E-state index contributed by atoms with van der Waals surface area (Å²) < 4.78 is 2.08. The molecule has 14 heavy (non-hydrogen) atoms. The molecule has 1 heterocycles. The molecule has 2 aromatic rings. The third-order valence-electron chi connectivity index (χ3n) is 2.22. The minimum atomic E-state index is 0.811. The second-order valence-electron chi connectivity index (χ2n) is 3.70. The number of benzene rings is 1. The van der Waals surface area contributed by atoms with Crippen LogP contribution in [0.5, 0.6) is 0 Å². The minimum Gasteiger partial charge on any atom is -0.399 e. The summed E-state index contributed by atoms with van der Waals surface area (Å²) in [4.78, 5) is 0. The second-order valence-corrected chi connectivity index (χ2v) is 3.70. The number of rotatable bonds is 1. The molecule has 2 N–H and O–H groups in total. The Labute approximate surface area is 84.0 Å². The summed E-state index contributed by atoms with van der Waals surface area (Å²) in [5.74, 6) is 0. The predicted molar refractivity (Wildman–Crippen MR) is 59.7 cm³/mol. The van der Waals surface area contributed by atoms with Crippen molar-refractivity contribution in [1.29, 1.82) is 0 Å². The Morgan fingerprint density at radius 1 is 1.07 bits per heavy atom. The maximum Gasteiger partial charge on any atom is 0.0472 e. The minimum absolute atomic E-state index is 0.811. The van der Waals surface area contributed by atoms with Crippen molar-refractivity contribution < 1.29 is 0 Å². The van der Waals surface area contributed by atoms with Crippen molar-refractivity contribution >= 4 is 5.69 Å². The van der Waals surface area contributed by atoms with Gasteiger partial charge in [-0.05, 0) is 49.2 Å². The van der Waals surface area contributed by atoms with Crippen molar-refractivity contribution in [2.24, 2.45) is 0 Å². The lowest BCUT2D eigenvalue weighted by atomic mass is 10.2. The van der Waals surface area contributed by atoms with Crippen molar-refractivity contribution in [3.05, 3.63) is 47.8 Å². The zero-order valence-corrected chi connectivity index (χ0v) is 8.49. The maximum atomic E-state index is 5.79. The Balaban J connectivity index is 2.51. The van der Waals surface area contributed by atoms with Gasteiger partial charge in [-0.15, -0.1) is 0 Å². The molecular formula is C12H14N2. The molecule has 1 aromatic heterocycles. The lowest BCUT2D eigenvalue weighted by molar-refractivity contribution is 1.07. The largest absolute Gasteiger partial charge is 0.399 e. The lowest BCUT2D eigenvalue weighted by Gasteiger charge is -2.05. The average Bonchev–Trinajstić information content (AvgIpc) is 2.50. The van der Waals surface area contributed by atoms with Gasteiger partial charge >= 0.3 is 0 Å². The van der Waals surface area contributed by atoms with Crippen molar-refractivity contribution in [1.82, 2.24) is 4.57 Å². The molecule has 0 saturated carbocycles. The smallest absolute Gasteiger partial charge is 0.0472 e. The Hall–Kier alpha value is -1.70. The molecule has 0 atom stereocenters. The van der Waals surface area contributed by atoms with E-state index in [1.807, 2.05) is 18.3 Å². The van der Waals surface area contributed by atoms with Gasteiger partial charge in [0.1, 0.15) is 0 Å². The monoisotopic (exact) mass is 186 g/mol. The number of aromatic nitrogens is 1. The third kappa shape index (κ3) is 1.64. The van der Waals surface area contributed by atoms with E-state index < -0.39 is 0 Å². The summed E-state index contributed by atoms with van der Waals surface area (Å²) in [6.45, 7) is 4.13. The second kappa shape index (κ2) is 3.22. The predicted octanol–water partition coefficient (Wildman–Crippen LogP) is 2.68. The highest BCUT2D eigenvalue weighted by molar-refractivity contribution is 5.51. The van der Waals surface area contributed by atoms with Gasteiger partial charge in [0.25, 0.3) is 0 Å². The molecule has 0 bridgehead atoms. The molecule has 72 valence electrons. The fourth-order valence-electron chi connectivity index (χ4n) is 1.60. The maximum absolute atomic E-state index is 5.79. The molecule has 0 aliphatic carbocycles. The lowest BCUT2D eigenvalue weighted by Crippen LogP contribution is -1.93. The van der Waals surface area contributed by atoms with Crippen LogP contribution in [0.15, 0.2) is 36.7 Å².